The van der Waals surface area contributed by atoms with Gasteiger partial charge in [-0.15, -0.1) is 0 Å². The molecule has 3 amide bonds. The molecule has 1 saturated carbocycles. The van der Waals surface area contributed by atoms with Crippen LogP contribution in [0.4, 0.5) is 10.5 Å². The molecule has 1 unspecified atom stereocenters. The minimum absolute atomic E-state index is 0.106. The molecule has 0 aromatic heterocycles. The van der Waals surface area contributed by atoms with Crippen molar-refractivity contribution in [3.63, 3.8) is 0 Å². The summed E-state index contributed by atoms with van der Waals surface area (Å²) in [6.07, 6.45) is 3.78. The molecule has 3 rings (SSSR count). The van der Waals surface area contributed by atoms with Crippen molar-refractivity contribution < 1.29 is 9.59 Å². The maximum absolute atomic E-state index is 11.9. The first-order valence-corrected chi connectivity index (χ1v) is 7.62. The van der Waals surface area contributed by atoms with Gasteiger partial charge in [0.15, 0.2) is 0 Å². The Kier molecular flexibility index (Phi) is 4.01. The lowest BCUT2D eigenvalue weighted by Crippen LogP contribution is -2.44. The van der Waals surface area contributed by atoms with Gasteiger partial charge in [0, 0.05) is 29.7 Å². The van der Waals surface area contributed by atoms with Crippen LogP contribution >= 0.6 is 11.6 Å². The van der Waals surface area contributed by atoms with E-state index in [0.29, 0.717) is 29.7 Å². The number of amides is 3. The van der Waals surface area contributed by atoms with Gasteiger partial charge in [0.25, 0.3) is 0 Å². The molecule has 21 heavy (non-hydrogen) atoms. The molecule has 1 aliphatic carbocycles. The van der Waals surface area contributed by atoms with Crippen LogP contribution in [-0.2, 0) is 4.79 Å². The minimum atomic E-state index is -0.286. The molecule has 2 fully saturated rings. The van der Waals surface area contributed by atoms with E-state index >= 15 is 0 Å². The number of carbonyl (C=O) groups is 2. The molecular formula is C15H18ClN3O2. The summed E-state index contributed by atoms with van der Waals surface area (Å²) in [4.78, 5) is 25.8. The lowest BCUT2D eigenvalue weighted by atomic mass is 9.92. The van der Waals surface area contributed by atoms with Crippen LogP contribution < -0.4 is 10.6 Å². The van der Waals surface area contributed by atoms with Gasteiger partial charge in [-0.25, -0.2) is 4.79 Å². The van der Waals surface area contributed by atoms with Gasteiger partial charge in [-0.3, -0.25) is 4.79 Å². The highest BCUT2D eigenvalue weighted by Gasteiger charge is 2.37. The fourth-order valence-electron chi connectivity index (χ4n) is 2.77. The number of urea groups is 1. The molecule has 1 aliphatic heterocycles. The Hall–Kier alpha value is -1.75. The topological polar surface area (TPSA) is 61.4 Å². The largest absolute Gasteiger partial charge is 0.338 e. The molecule has 2 aliphatic rings. The first-order valence-electron chi connectivity index (χ1n) is 7.24. The number of nitrogens with one attached hydrogen (secondary N) is 2. The first kappa shape index (κ1) is 14.2. The summed E-state index contributed by atoms with van der Waals surface area (Å²) in [5, 5.41) is 6.23. The number of anilines is 1. The SMILES string of the molecule is O=C(Nc1ccc(Cl)cc1)NC1CC(=O)N(C2CCC2)C1. The fourth-order valence-corrected chi connectivity index (χ4v) is 2.89. The maximum atomic E-state index is 11.9. The maximum Gasteiger partial charge on any atom is 0.319 e. The zero-order valence-corrected chi connectivity index (χ0v) is 12.4. The van der Waals surface area contributed by atoms with Crippen molar-refractivity contribution >= 4 is 29.2 Å². The predicted molar refractivity (Wildman–Crippen MR) is 81.4 cm³/mol. The standard InChI is InChI=1S/C15H18ClN3O2/c16-10-4-6-11(7-5-10)17-15(21)18-12-8-14(20)19(9-12)13-2-1-3-13/h4-7,12-13H,1-3,8-9H2,(H2,17,18,21). The van der Waals surface area contributed by atoms with Crippen LogP contribution in [0.25, 0.3) is 0 Å². The average molecular weight is 308 g/mol. The van der Waals surface area contributed by atoms with E-state index in [-0.39, 0.29) is 18.0 Å². The third-order valence-electron chi connectivity index (χ3n) is 4.11. The molecule has 0 bridgehead atoms. The Labute approximate surface area is 128 Å². The third kappa shape index (κ3) is 3.29. The Morgan fingerprint density at radius 1 is 1.24 bits per heavy atom. The quantitative estimate of drug-likeness (QED) is 0.901. The van der Waals surface area contributed by atoms with Crippen LogP contribution in [0.1, 0.15) is 25.7 Å². The van der Waals surface area contributed by atoms with E-state index in [0.717, 1.165) is 12.8 Å². The highest BCUT2D eigenvalue weighted by atomic mass is 35.5. The van der Waals surface area contributed by atoms with Gasteiger partial charge in [-0.05, 0) is 43.5 Å². The number of benzene rings is 1. The van der Waals surface area contributed by atoms with E-state index in [2.05, 4.69) is 10.6 Å². The van der Waals surface area contributed by atoms with Gasteiger partial charge >= 0.3 is 6.03 Å². The highest BCUT2D eigenvalue weighted by Crippen LogP contribution is 2.28. The molecule has 112 valence electrons. The van der Waals surface area contributed by atoms with Crippen molar-refractivity contribution in [3.05, 3.63) is 29.3 Å². The Morgan fingerprint density at radius 3 is 2.57 bits per heavy atom. The van der Waals surface area contributed by atoms with E-state index in [1.165, 1.54) is 6.42 Å². The molecular weight excluding hydrogens is 290 g/mol. The number of likely N-dealkylation sites (tertiary alicyclic amines) is 1. The molecule has 6 heteroatoms. The summed E-state index contributed by atoms with van der Waals surface area (Å²) < 4.78 is 0. The number of carbonyl (C=O) groups excluding carboxylic acids is 2. The van der Waals surface area contributed by atoms with Crippen LogP contribution in [0.3, 0.4) is 0 Å². The second-order valence-corrected chi connectivity index (χ2v) is 6.07. The lowest BCUT2D eigenvalue weighted by molar-refractivity contribution is -0.131. The molecule has 5 nitrogen and oxygen atoms in total. The van der Waals surface area contributed by atoms with Crippen LogP contribution in [0.5, 0.6) is 0 Å². The first-order chi connectivity index (χ1) is 10.1. The van der Waals surface area contributed by atoms with Crippen LogP contribution in [0, 0.1) is 0 Å². The Balaban J connectivity index is 1.51. The van der Waals surface area contributed by atoms with Crippen molar-refractivity contribution in [2.75, 3.05) is 11.9 Å². The van der Waals surface area contributed by atoms with E-state index in [1.54, 1.807) is 24.3 Å². The summed E-state index contributed by atoms with van der Waals surface area (Å²) in [7, 11) is 0. The van der Waals surface area contributed by atoms with E-state index < -0.39 is 0 Å². The minimum Gasteiger partial charge on any atom is -0.338 e. The molecule has 1 aromatic rings. The van der Waals surface area contributed by atoms with Crippen molar-refractivity contribution in [2.45, 2.75) is 37.8 Å². The molecule has 0 radical (unpaired) electrons. The smallest absolute Gasteiger partial charge is 0.319 e. The molecule has 1 heterocycles. The number of rotatable bonds is 3. The summed E-state index contributed by atoms with van der Waals surface area (Å²) in [5.74, 6) is 0.150. The molecule has 1 aromatic carbocycles. The lowest BCUT2D eigenvalue weighted by Gasteiger charge is -2.34. The summed E-state index contributed by atoms with van der Waals surface area (Å²) in [6, 6.07) is 6.91. The molecule has 1 atom stereocenters. The highest BCUT2D eigenvalue weighted by molar-refractivity contribution is 6.30. The van der Waals surface area contributed by atoms with Crippen LogP contribution in [0.15, 0.2) is 24.3 Å². The van der Waals surface area contributed by atoms with Crippen molar-refractivity contribution in [1.29, 1.82) is 0 Å². The van der Waals surface area contributed by atoms with Crippen LogP contribution in [0.2, 0.25) is 5.02 Å². The van der Waals surface area contributed by atoms with Gasteiger partial charge in [0.05, 0.1) is 6.04 Å². The normalized spacial score (nSPS) is 22.0. The summed E-state index contributed by atoms with van der Waals surface area (Å²) >= 11 is 5.80. The number of halogens is 1. The fraction of sp³-hybridized carbons (Fsp3) is 0.467. The number of nitrogens with zero attached hydrogens (tertiary/aromatic N) is 1. The van der Waals surface area contributed by atoms with Gasteiger partial charge in [-0.1, -0.05) is 11.6 Å². The molecule has 1 saturated heterocycles. The van der Waals surface area contributed by atoms with Crippen LogP contribution in [-0.4, -0.2) is 35.5 Å². The second-order valence-electron chi connectivity index (χ2n) is 5.64. The number of hydrogen-bond donors (Lipinski definition) is 2. The van der Waals surface area contributed by atoms with Gasteiger partial charge < -0.3 is 15.5 Å². The Morgan fingerprint density at radius 2 is 1.95 bits per heavy atom. The van der Waals surface area contributed by atoms with E-state index in [9.17, 15) is 9.59 Å². The third-order valence-corrected chi connectivity index (χ3v) is 4.36. The zero-order chi connectivity index (χ0) is 14.8. The molecule has 0 spiro atoms. The predicted octanol–water partition coefficient (Wildman–Crippen LogP) is 2.61. The summed E-state index contributed by atoms with van der Waals surface area (Å²) in [5.41, 5.74) is 0.678. The van der Waals surface area contributed by atoms with Crippen molar-refractivity contribution in [3.8, 4) is 0 Å². The Bertz CT molecular complexity index is 542. The average Bonchev–Trinajstić information content (AvgIpc) is 2.71. The molecule has 2 N–H and O–H groups in total. The van der Waals surface area contributed by atoms with Crippen molar-refractivity contribution in [1.82, 2.24) is 10.2 Å². The van der Waals surface area contributed by atoms with E-state index in [4.69, 9.17) is 11.6 Å². The van der Waals surface area contributed by atoms with Gasteiger partial charge in [-0.2, -0.15) is 0 Å². The monoisotopic (exact) mass is 307 g/mol. The van der Waals surface area contributed by atoms with Gasteiger partial charge in [0.1, 0.15) is 0 Å². The van der Waals surface area contributed by atoms with E-state index in [1.807, 2.05) is 4.90 Å². The van der Waals surface area contributed by atoms with Crippen molar-refractivity contribution in [2.24, 2.45) is 0 Å². The summed E-state index contributed by atoms with van der Waals surface area (Å²) in [6.45, 7) is 0.623. The zero-order valence-electron chi connectivity index (χ0n) is 11.6. The second kappa shape index (κ2) is 5.93. The van der Waals surface area contributed by atoms with Gasteiger partial charge in [0.2, 0.25) is 5.91 Å². The number of hydrogen-bond acceptors (Lipinski definition) is 2.